The molecule has 0 radical (unpaired) electrons. The van der Waals surface area contributed by atoms with E-state index in [1.165, 1.54) is 0 Å². The summed E-state index contributed by atoms with van der Waals surface area (Å²) in [6.07, 6.45) is 2.46. The third kappa shape index (κ3) is 3.33. The molecule has 0 aliphatic carbocycles. The smallest absolute Gasteiger partial charge is 0.247 e. The highest BCUT2D eigenvalue weighted by Crippen LogP contribution is 2.24. The summed E-state index contributed by atoms with van der Waals surface area (Å²) in [5.74, 6) is 1.21. The molecule has 1 amide bonds. The first-order valence-electron chi connectivity index (χ1n) is 6.92. The molecule has 0 saturated carbocycles. The Bertz CT molecular complexity index is 659. The highest BCUT2D eigenvalue weighted by Gasteiger charge is 2.18. The maximum absolute atomic E-state index is 10.7. The number of amides is 1. The number of rotatable bonds is 4. The van der Waals surface area contributed by atoms with E-state index in [2.05, 4.69) is 36.4 Å². The lowest BCUT2D eigenvalue weighted by atomic mass is 10.3. The first kappa shape index (κ1) is 14.7. The van der Waals surface area contributed by atoms with Gasteiger partial charge in [0.05, 0.1) is 11.9 Å². The van der Waals surface area contributed by atoms with Crippen molar-refractivity contribution >= 4 is 39.8 Å². The molecule has 0 unspecified atom stereocenters. The van der Waals surface area contributed by atoms with Crippen molar-refractivity contribution in [2.75, 3.05) is 36.4 Å². The van der Waals surface area contributed by atoms with Gasteiger partial charge in [-0.3, -0.25) is 4.79 Å². The van der Waals surface area contributed by atoms with Crippen LogP contribution in [0.5, 0.6) is 0 Å². The van der Waals surface area contributed by atoms with Crippen LogP contribution in [0.15, 0.2) is 34.9 Å². The molecular weight excluding hydrogens is 348 g/mol. The Morgan fingerprint density at radius 3 is 2.68 bits per heavy atom. The van der Waals surface area contributed by atoms with Crippen LogP contribution in [0.1, 0.15) is 0 Å². The van der Waals surface area contributed by atoms with Crippen LogP contribution in [-0.4, -0.2) is 52.7 Å². The summed E-state index contributed by atoms with van der Waals surface area (Å²) in [5, 5.41) is 11.3. The number of halogens is 1. The number of carbonyl (C=O) groups is 1. The van der Waals surface area contributed by atoms with Crippen LogP contribution < -0.4 is 10.2 Å². The van der Waals surface area contributed by atoms with E-state index >= 15 is 0 Å². The Morgan fingerprint density at radius 1 is 1.18 bits per heavy atom. The Kier molecular flexibility index (Phi) is 4.47. The molecule has 0 atom stereocenters. The van der Waals surface area contributed by atoms with Crippen molar-refractivity contribution in [2.24, 2.45) is 0 Å². The summed E-state index contributed by atoms with van der Waals surface area (Å²) in [5.41, 5.74) is 0.916. The number of nitrogens with zero attached hydrogens (tertiary/aromatic N) is 5. The molecule has 3 rings (SSSR count). The number of nitrogens with one attached hydrogen (secondary N) is 1. The van der Waals surface area contributed by atoms with Crippen LogP contribution in [-0.2, 0) is 4.79 Å². The Labute approximate surface area is 136 Å². The predicted octanol–water partition coefficient (Wildman–Crippen LogP) is 1.66. The van der Waals surface area contributed by atoms with Crippen LogP contribution in [0.2, 0.25) is 0 Å². The van der Waals surface area contributed by atoms with Gasteiger partial charge in [-0.1, -0.05) is 12.1 Å². The minimum Gasteiger partial charge on any atom is -0.342 e. The second kappa shape index (κ2) is 6.69. The summed E-state index contributed by atoms with van der Waals surface area (Å²) in [6, 6.07) is 7.80. The molecule has 1 aromatic heterocycles. The lowest BCUT2D eigenvalue weighted by Gasteiger charge is -2.32. The van der Waals surface area contributed by atoms with Gasteiger partial charge in [-0.05, 0) is 28.1 Å². The van der Waals surface area contributed by atoms with Crippen LogP contribution in [0.3, 0.4) is 0 Å². The molecule has 0 bridgehead atoms. The van der Waals surface area contributed by atoms with E-state index in [0.717, 1.165) is 16.6 Å². The number of hydrogen-bond donors (Lipinski definition) is 1. The zero-order chi connectivity index (χ0) is 15.4. The van der Waals surface area contributed by atoms with Gasteiger partial charge in [0.15, 0.2) is 5.82 Å². The zero-order valence-electron chi connectivity index (χ0n) is 11.8. The molecule has 2 aromatic rings. The SMILES string of the molecule is O=CN1CCN(c2nncc(Nc3ccccc3Br)n2)CC1. The molecule has 8 heteroatoms. The topological polar surface area (TPSA) is 74.2 Å². The normalized spacial score (nSPS) is 14.8. The number of aromatic nitrogens is 3. The molecule has 0 spiro atoms. The molecule has 22 heavy (non-hydrogen) atoms. The third-order valence-electron chi connectivity index (χ3n) is 3.43. The van der Waals surface area contributed by atoms with Crippen LogP contribution >= 0.6 is 15.9 Å². The van der Waals surface area contributed by atoms with Crippen LogP contribution in [0.4, 0.5) is 17.5 Å². The highest BCUT2D eigenvalue weighted by molar-refractivity contribution is 9.10. The van der Waals surface area contributed by atoms with Crippen molar-refractivity contribution in [1.29, 1.82) is 0 Å². The Balaban J connectivity index is 1.73. The molecule has 1 aliphatic rings. The quantitative estimate of drug-likeness (QED) is 0.833. The molecular formula is C14H15BrN6O. The standard InChI is InChI=1S/C14H15BrN6O/c15-11-3-1-2-4-12(11)17-13-9-16-19-14(18-13)21-7-5-20(10-22)6-8-21/h1-4,9-10H,5-8H2,(H,17,18,19). The van der Waals surface area contributed by atoms with Gasteiger partial charge in [0.2, 0.25) is 12.4 Å². The summed E-state index contributed by atoms with van der Waals surface area (Å²) < 4.78 is 0.953. The summed E-state index contributed by atoms with van der Waals surface area (Å²) in [6.45, 7) is 2.77. The minimum absolute atomic E-state index is 0.572. The van der Waals surface area contributed by atoms with Gasteiger partial charge in [-0.25, -0.2) is 0 Å². The number of hydrogen-bond acceptors (Lipinski definition) is 6. The highest BCUT2D eigenvalue weighted by atomic mass is 79.9. The molecule has 1 aromatic carbocycles. The van der Waals surface area contributed by atoms with Gasteiger partial charge < -0.3 is 15.1 Å². The van der Waals surface area contributed by atoms with Crippen LogP contribution in [0.25, 0.3) is 0 Å². The van der Waals surface area contributed by atoms with Gasteiger partial charge in [0.25, 0.3) is 0 Å². The first-order chi connectivity index (χ1) is 10.8. The van der Waals surface area contributed by atoms with E-state index < -0.39 is 0 Å². The molecule has 1 fully saturated rings. The molecule has 1 saturated heterocycles. The molecule has 2 heterocycles. The van der Waals surface area contributed by atoms with Crippen molar-refractivity contribution in [3.63, 3.8) is 0 Å². The summed E-state index contributed by atoms with van der Waals surface area (Å²) in [7, 11) is 0. The van der Waals surface area contributed by atoms with E-state index in [1.807, 2.05) is 29.2 Å². The van der Waals surface area contributed by atoms with Gasteiger partial charge >= 0.3 is 0 Å². The molecule has 7 nitrogen and oxygen atoms in total. The van der Waals surface area contributed by atoms with Crippen molar-refractivity contribution in [3.05, 3.63) is 34.9 Å². The maximum atomic E-state index is 10.7. The van der Waals surface area contributed by atoms with Gasteiger partial charge in [0.1, 0.15) is 0 Å². The van der Waals surface area contributed by atoms with Crippen molar-refractivity contribution in [1.82, 2.24) is 20.1 Å². The van der Waals surface area contributed by atoms with E-state index in [-0.39, 0.29) is 0 Å². The van der Waals surface area contributed by atoms with E-state index in [4.69, 9.17) is 0 Å². The molecule has 1 N–H and O–H groups in total. The number of piperazine rings is 1. The summed E-state index contributed by atoms with van der Waals surface area (Å²) >= 11 is 3.49. The molecule has 114 valence electrons. The van der Waals surface area contributed by atoms with Gasteiger partial charge in [-0.15, -0.1) is 5.10 Å². The lowest BCUT2D eigenvalue weighted by Crippen LogP contribution is -2.46. The second-order valence-electron chi connectivity index (χ2n) is 4.87. The van der Waals surface area contributed by atoms with Gasteiger partial charge in [0, 0.05) is 30.7 Å². The lowest BCUT2D eigenvalue weighted by molar-refractivity contribution is -0.118. The Hall–Kier alpha value is -2.22. The minimum atomic E-state index is 0.572. The summed E-state index contributed by atoms with van der Waals surface area (Å²) in [4.78, 5) is 19.0. The largest absolute Gasteiger partial charge is 0.342 e. The van der Waals surface area contributed by atoms with E-state index in [0.29, 0.717) is 37.9 Å². The number of carbonyl (C=O) groups excluding carboxylic acids is 1. The first-order valence-corrected chi connectivity index (χ1v) is 7.71. The van der Waals surface area contributed by atoms with Crippen molar-refractivity contribution in [3.8, 4) is 0 Å². The fourth-order valence-electron chi connectivity index (χ4n) is 2.22. The maximum Gasteiger partial charge on any atom is 0.247 e. The second-order valence-corrected chi connectivity index (χ2v) is 5.73. The number of para-hydroxylation sites is 1. The fraction of sp³-hybridized carbons (Fsp3) is 0.286. The average molecular weight is 363 g/mol. The zero-order valence-corrected chi connectivity index (χ0v) is 13.4. The van der Waals surface area contributed by atoms with Crippen molar-refractivity contribution in [2.45, 2.75) is 0 Å². The number of anilines is 3. The van der Waals surface area contributed by atoms with Crippen LogP contribution in [0, 0.1) is 0 Å². The fourth-order valence-corrected chi connectivity index (χ4v) is 2.60. The third-order valence-corrected chi connectivity index (χ3v) is 4.12. The van der Waals surface area contributed by atoms with E-state index in [1.54, 1.807) is 11.1 Å². The van der Waals surface area contributed by atoms with Gasteiger partial charge in [-0.2, -0.15) is 10.1 Å². The number of benzene rings is 1. The Morgan fingerprint density at radius 2 is 1.95 bits per heavy atom. The van der Waals surface area contributed by atoms with E-state index in [9.17, 15) is 4.79 Å². The molecule has 1 aliphatic heterocycles. The monoisotopic (exact) mass is 362 g/mol. The predicted molar refractivity (Wildman–Crippen MR) is 87.1 cm³/mol. The average Bonchev–Trinajstić information content (AvgIpc) is 2.57. The van der Waals surface area contributed by atoms with Crippen molar-refractivity contribution < 1.29 is 4.79 Å².